The highest BCUT2D eigenvalue weighted by molar-refractivity contribution is 7.22. The number of thiophene rings is 1. The summed E-state index contributed by atoms with van der Waals surface area (Å²) in [5.41, 5.74) is 0.863. The van der Waals surface area contributed by atoms with Gasteiger partial charge in [-0.3, -0.25) is 9.69 Å². The van der Waals surface area contributed by atoms with Crippen molar-refractivity contribution in [1.29, 1.82) is 0 Å². The van der Waals surface area contributed by atoms with Gasteiger partial charge in [0.2, 0.25) is 0 Å². The van der Waals surface area contributed by atoms with Crippen molar-refractivity contribution >= 4 is 74.0 Å². The minimum atomic E-state index is -0.0534. The highest BCUT2D eigenvalue weighted by Gasteiger charge is 2.18. The van der Waals surface area contributed by atoms with Gasteiger partial charge in [0, 0.05) is 22.5 Å². The van der Waals surface area contributed by atoms with Crippen molar-refractivity contribution in [2.45, 2.75) is 6.42 Å². The molecule has 0 atom stereocenters. The average Bonchev–Trinajstić information content (AvgIpc) is 3.25. The predicted molar refractivity (Wildman–Crippen MR) is 121 cm³/mol. The first-order valence-electron chi connectivity index (χ1n) is 8.27. The van der Waals surface area contributed by atoms with Gasteiger partial charge in [0.05, 0.1) is 10.2 Å². The molecule has 3 aromatic rings. The van der Waals surface area contributed by atoms with Crippen LogP contribution in [0.15, 0.2) is 41.8 Å². The molecule has 2 aromatic heterocycles. The number of carbonyl (C=O) groups excluding carboxylic acids is 1. The molecule has 8 heteroatoms. The van der Waals surface area contributed by atoms with Crippen molar-refractivity contribution in [3.63, 3.8) is 0 Å². The third-order valence-electron chi connectivity index (χ3n) is 3.76. The minimum Gasteiger partial charge on any atom is -0.309 e. The van der Waals surface area contributed by atoms with Gasteiger partial charge >= 0.3 is 0 Å². The molecular weight excluding hydrogens is 421 g/mol. The van der Waals surface area contributed by atoms with E-state index in [0.29, 0.717) is 16.7 Å². The zero-order valence-electron chi connectivity index (χ0n) is 15.1. The monoisotopic (exact) mass is 441 g/mol. The molecule has 1 amide bonds. The second-order valence-electron chi connectivity index (χ2n) is 6.10. The summed E-state index contributed by atoms with van der Waals surface area (Å²) in [6.07, 6.45) is 4.36. The van der Waals surface area contributed by atoms with Crippen LogP contribution in [0.2, 0.25) is 5.02 Å². The van der Waals surface area contributed by atoms with Crippen molar-refractivity contribution in [3.8, 4) is 0 Å². The van der Waals surface area contributed by atoms with E-state index in [1.165, 1.54) is 11.3 Å². The third-order valence-corrected chi connectivity index (χ3v) is 5.87. The van der Waals surface area contributed by atoms with Crippen LogP contribution in [0.25, 0.3) is 16.3 Å². The van der Waals surface area contributed by atoms with E-state index in [1.807, 2.05) is 55.9 Å². The number of carbonyl (C=O) groups is 1. The van der Waals surface area contributed by atoms with Gasteiger partial charge in [-0.2, -0.15) is 0 Å². The third kappa shape index (κ3) is 6.02. The van der Waals surface area contributed by atoms with Gasteiger partial charge < -0.3 is 4.90 Å². The highest BCUT2D eigenvalue weighted by Crippen LogP contribution is 2.31. The fourth-order valence-corrected chi connectivity index (χ4v) is 4.37. The second kappa shape index (κ2) is 10.2. The van der Waals surface area contributed by atoms with Gasteiger partial charge in [0.1, 0.15) is 0 Å². The van der Waals surface area contributed by atoms with Crippen LogP contribution in [0.5, 0.6) is 0 Å². The molecule has 0 saturated carbocycles. The van der Waals surface area contributed by atoms with Gasteiger partial charge in [0.25, 0.3) is 5.91 Å². The number of halogens is 2. The molecule has 0 spiro atoms. The van der Waals surface area contributed by atoms with Crippen molar-refractivity contribution in [1.82, 2.24) is 9.88 Å². The lowest BCUT2D eigenvalue weighted by atomic mass is 10.3. The Bertz CT molecular complexity index is 907. The summed E-state index contributed by atoms with van der Waals surface area (Å²) in [4.78, 5) is 22.4. The number of aromatic nitrogens is 1. The van der Waals surface area contributed by atoms with E-state index in [9.17, 15) is 4.79 Å². The Labute approximate surface area is 178 Å². The van der Waals surface area contributed by atoms with Gasteiger partial charge in [-0.05, 0) is 62.8 Å². The Morgan fingerprint density at radius 1 is 1.26 bits per heavy atom. The summed E-state index contributed by atoms with van der Waals surface area (Å²) in [7, 11) is 4.06. The zero-order valence-corrected chi connectivity index (χ0v) is 18.3. The van der Waals surface area contributed by atoms with E-state index < -0.39 is 0 Å². The van der Waals surface area contributed by atoms with E-state index in [2.05, 4.69) is 9.88 Å². The predicted octanol–water partition coefficient (Wildman–Crippen LogP) is 5.43. The molecule has 2 heterocycles. The number of hydrogen-bond acceptors (Lipinski definition) is 5. The summed E-state index contributed by atoms with van der Waals surface area (Å²) >= 11 is 9.18. The van der Waals surface area contributed by atoms with E-state index in [0.717, 1.165) is 28.1 Å². The van der Waals surface area contributed by atoms with Crippen LogP contribution in [0.1, 0.15) is 11.3 Å². The number of rotatable bonds is 7. The first kappa shape index (κ1) is 21.9. The van der Waals surface area contributed by atoms with E-state index in [4.69, 9.17) is 11.6 Å². The Hall–Kier alpha value is -1.44. The maximum absolute atomic E-state index is 12.8. The molecule has 0 fully saturated rings. The van der Waals surface area contributed by atoms with E-state index in [-0.39, 0.29) is 18.3 Å². The molecule has 0 N–H and O–H groups in total. The summed E-state index contributed by atoms with van der Waals surface area (Å²) in [5, 5.41) is 3.38. The standard InChI is InChI=1S/C19H20ClN3OS2.ClH/c1-22(2)10-4-11-23(18(24)9-7-15-5-3-12-25-15)19-21-16-8-6-14(20)13-17(16)26-19;/h3,5-9,12-13H,4,10-11H2,1-2H3;1H. The van der Waals surface area contributed by atoms with Crippen molar-refractivity contribution in [2.24, 2.45) is 0 Å². The SMILES string of the molecule is CN(C)CCCN(C(=O)C=Cc1cccs1)c1nc2ccc(Cl)cc2s1.Cl. The van der Waals surface area contributed by atoms with Gasteiger partial charge in [-0.15, -0.1) is 23.7 Å². The number of nitrogens with zero attached hydrogens (tertiary/aromatic N) is 3. The quantitative estimate of drug-likeness (QED) is 0.458. The molecule has 27 heavy (non-hydrogen) atoms. The minimum absolute atomic E-state index is 0. The topological polar surface area (TPSA) is 36.4 Å². The zero-order chi connectivity index (χ0) is 18.5. The lowest BCUT2D eigenvalue weighted by Crippen LogP contribution is -2.32. The molecule has 3 rings (SSSR count). The molecule has 0 aliphatic carbocycles. The number of benzene rings is 1. The van der Waals surface area contributed by atoms with Crippen molar-refractivity contribution in [3.05, 3.63) is 51.7 Å². The van der Waals surface area contributed by atoms with E-state index in [1.54, 1.807) is 22.3 Å². The molecule has 144 valence electrons. The Kier molecular flexibility index (Phi) is 8.26. The normalized spacial score (nSPS) is 11.3. The van der Waals surface area contributed by atoms with Crippen LogP contribution < -0.4 is 4.90 Å². The molecule has 0 aliphatic heterocycles. The molecule has 1 aromatic carbocycles. The Morgan fingerprint density at radius 3 is 2.78 bits per heavy atom. The fourth-order valence-electron chi connectivity index (χ4n) is 2.48. The molecule has 0 aliphatic rings. The lowest BCUT2D eigenvalue weighted by molar-refractivity contribution is -0.114. The summed E-state index contributed by atoms with van der Waals surface area (Å²) < 4.78 is 0.986. The van der Waals surface area contributed by atoms with E-state index >= 15 is 0 Å². The number of thiazole rings is 1. The molecule has 0 saturated heterocycles. The number of anilines is 1. The Balaban J connectivity index is 0.00000261. The summed E-state index contributed by atoms with van der Waals surface area (Å²) in [6, 6.07) is 9.57. The summed E-state index contributed by atoms with van der Waals surface area (Å²) in [6.45, 7) is 1.54. The summed E-state index contributed by atoms with van der Waals surface area (Å²) in [5.74, 6) is -0.0534. The molecular formula is C19H21Cl2N3OS2. The molecule has 0 radical (unpaired) electrons. The van der Waals surface area contributed by atoms with Crippen LogP contribution >= 0.6 is 46.7 Å². The highest BCUT2D eigenvalue weighted by atomic mass is 35.5. The van der Waals surface area contributed by atoms with Crippen LogP contribution in [0.3, 0.4) is 0 Å². The largest absolute Gasteiger partial charge is 0.309 e. The smallest absolute Gasteiger partial charge is 0.252 e. The van der Waals surface area contributed by atoms with Crippen LogP contribution in [0.4, 0.5) is 5.13 Å². The van der Waals surface area contributed by atoms with Gasteiger partial charge in [0.15, 0.2) is 5.13 Å². The molecule has 4 nitrogen and oxygen atoms in total. The first-order chi connectivity index (χ1) is 12.5. The van der Waals surface area contributed by atoms with Crippen LogP contribution in [-0.2, 0) is 4.79 Å². The lowest BCUT2D eigenvalue weighted by Gasteiger charge is -2.19. The van der Waals surface area contributed by atoms with Crippen molar-refractivity contribution < 1.29 is 4.79 Å². The maximum Gasteiger partial charge on any atom is 0.252 e. The fraction of sp³-hybridized carbons (Fsp3) is 0.263. The van der Waals surface area contributed by atoms with Gasteiger partial charge in [-0.25, -0.2) is 4.98 Å². The average molecular weight is 442 g/mol. The number of fused-ring (bicyclic) bond motifs is 1. The Morgan fingerprint density at radius 2 is 2.07 bits per heavy atom. The number of amides is 1. The van der Waals surface area contributed by atoms with Crippen molar-refractivity contribution in [2.75, 3.05) is 32.1 Å². The molecule has 0 bridgehead atoms. The van der Waals surface area contributed by atoms with Crippen LogP contribution in [-0.4, -0.2) is 43.0 Å². The maximum atomic E-state index is 12.8. The first-order valence-corrected chi connectivity index (χ1v) is 10.3. The van der Waals surface area contributed by atoms with Crippen LogP contribution in [0, 0.1) is 0 Å². The molecule has 0 unspecified atom stereocenters. The number of hydrogen-bond donors (Lipinski definition) is 0. The van der Waals surface area contributed by atoms with Gasteiger partial charge in [-0.1, -0.05) is 29.0 Å². The second-order valence-corrected chi connectivity index (χ2v) is 8.53.